The molecule has 2 fully saturated rings. The Morgan fingerprint density at radius 2 is 1.83 bits per heavy atom. The molecule has 0 amide bonds. The molecule has 0 unspecified atom stereocenters. The van der Waals surface area contributed by atoms with Crippen LogP contribution in [0.4, 0.5) is 0 Å². The van der Waals surface area contributed by atoms with Gasteiger partial charge in [0.2, 0.25) is 10.0 Å². The van der Waals surface area contributed by atoms with Crippen LogP contribution >= 0.6 is 11.6 Å². The van der Waals surface area contributed by atoms with Crippen molar-refractivity contribution in [2.45, 2.75) is 64.8 Å². The maximum Gasteiger partial charge on any atom is 0.241 e. The van der Waals surface area contributed by atoms with Crippen LogP contribution in [0, 0.1) is 30.6 Å². The Bertz CT molecular complexity index is 752. The summed E-state index contributed by atoms with van der Waals surface area (Å²) < 4.78 is 29.1. The fourth-order valence-corrected chi connectivity index (χ4v) is 6.92. The highest BCUT2D eigenvalue weighted by Crippen LogP contribution is 2.62. The number of fused-ring (bicyclic) bond motifs is 2. The van der Waals surface area contributed by atoms with Crippen molar-refractivity contribution in [3.05, 3.63) is 28.3 Å². The van der Waals surface area contributed by atoms with E-state index in [1.807, 2.05) is 6.92 Å². The molecule has 0 spiro atoms. The van der Waals surface area contributed by atoms with Gasteiger partial charge in [-0.2, -0.15) is 0 Å². The van der Waals surface area contributed by atoms with Crippen LogP contribution in [0.1, 0.15) is 51.2 Å². The second kappa shape index (κ2) is 5.21. The Kier molecular flexibility index (Phi) is 3.90. The van der Waals surface area contributed by atoms with Gasteiger partial charge in [-0.25, -0.2) is 13.1 Å². The molecule has 0 aliphatic heterocycles. The smallest absolute Gasteiger partial charge is 0.207 e. The summed E-state index contributed by atoms with van der Waals surface area (Å²) in [4.78, 5) is 0.349. The molecule has 1 aromatic rings. The molecule has 2 saturated carbocycles. The van der Waals surface area contributed by atoms with Crippen molar-refractivity contribution in [2.24, 2.45) is 16.7 Å². The van der Waals surface area contributed by atoms with Gasteiger partial charge in [0.05, 0.1) is 4.90 Å². The third kappa shape index (κ3) is 2.63. The highest BCUT2D eigenvalue weighted by molar-refractivity contribution is 7.89. The molecule has 1 aromatic carbocycles. The van der Waals surface area contributed by atoms with Crippen molar-refractivity contribution in [1.29, 1.82) is 0 Å². The van der Waals surface area contributed by atoms with E-state index in [-0.39, 0.29) is 16.9 Å². The molecule has 1 N–H and O–H groups in total. The minimum Gasteiger partial charge on any atom is -0.207 e. The topological polar surface area (TPSA) is 46.2 Å². The number of rotatable bonds is 3. The van der Waals surface area contributed by atoms with Gasteiger partial charge >= 0.3 is 0 Å². The fraction of sp³-hybridized carbons (Fsp3) is 0.667. The molecule has 23 heavy (non-hydrogen) atoms. The number of hydrogen-bond acceptors (Lipinski definition) is 2. The van der Waals surface area contributed by atoms with Crippen molar-refractivity contribution >= 4 is 21.6 Å². The quantitative estimate of drug-likeness (QED) is 0.870. The first-order valence-electron chi connectivity index (χ1n) is 8.26. The number of aryl methyl sites for hydroxylation is 2. The summed E-state index contributed by atoms with van der Waals surface area (Å²) in [7, 11) is -3.55. The van der Waals surface area contributed by atoms with Gasteiger partial charge in [-0.05, 0) is 73.1 Å². The van der Waals surface area contributed by atoms with Crippen molar-refractivity contribution < 1.29 is 8.42 Å². The van der Waals surface area contributed by atoms with E-state index in [0.717, 1.165) is 18.4 Å². The molecule has 2 aliphatic rings. The lowest BCUT2D eigenvalue weighted by molar-refractivity contribution is 0.127. The maximum atomic E-state index is 13.0. The van der Waals surface area contributed by atoms with Gasteiger partial charge in [-0.15, -0.1) is 0 Å². The molecule has 3 rings (SSSR count). The highest BCUT2D eigenvalue weighted by atomic mass is 35.5. The van der Waals surface area contributed by atoms with E-state index in [1.54, 1.807) is 19.1 Å². The Balaban J connectivity index is 1.98. The van der Waals surface area contributed by atoms with Crippen molar-refractivity contribution in [1.82, 2.24) is 4.72 Å². The van der Waals surface area contributed by atoms with E-state index in [0.29, 0.717) is 21.4 Å². The van der Waals surface area contributed by atoms with Gasteiger partial charge in [0.15, 0.2) is 0 Å². The highest BCUT2D eigenvalue weighted by Gasteiger charge is 2.60. The summed E-state index contributed by atoms with van der Waals surface area (Å²) in [6.07, 6.45) is 3.43. The number of sulfonamides is 1. The first-order chi connectivity index (χ1) is 10.5. The molecule has 3 nitrogen and oxygen atoms in total. The molecular formula is C18H26ClNO2S. The first kappa shape index (κ1) is 17.2. The zero-order valence-electron chi connectivity index (χ0n) is 14.5. The average molecular weight is 356 g/mol. The van der Waals surface area contributed by atoms with Gasteiger partial charge < -0.3 is 0 Å². The van der Waals surface area contributed by atoms with Crippen LogP contribution in [0.5, 0.6) is 0 Å². The number of nitrogens with one attached hydrogen (secondary N) is 1. The van der Waals surface area contributed by atoms with Crippen LogP contribution in [0.3, 0.4) is 0 Å². The van der Waals surface area contributed by atoms with E-state index >= 15 is 0 Å². The molecule has 2 aliphatic carbocycles. The maximum absolute atomic E-state index is 13.0. The molecule has 128 valence electrons. The van der Waals surface area contributed by atoms with Gasteiger partial charge in [0, 0.05) is 11.1 Å². The Hall–Kier alpha value is -0.580. The van der Waals surface area contributed by atoms with Crippen LogP contribution < -0.4 is 4.72 Å². The van der Waals surface area contributed by atoms with E-state index in [1.165, 1.54) is 6.42 Å². The zero-order valence-corrected chi connectivity index (χ0v) is 16.1. The van der Waals surface area contributed by atoms with Gasteiger partial charge in [-0.3, -0.25) is 0 Å². The Morgan fingerprint density at radius 1 is 1.17 bits per heavy atom. The fourth-order valence-electron chi connectivity index (χ4n) is 4.86. The van der Waals surface area contributed by atoms with Crippen LogP contribution in [-0.4, -0.2) is 14.5 Å². The summed E-state index contributed by atoms with van der Waals surface area (Å²) in [5.74, 6) is 0.605. The largest absolute Gasteiger partial charge is 0.241 e. The molecular weight excluding hydrogens is 330 g/mol. The summed E-state index contributed by atoms with van der Waals surface area (Å²) in [5.41, 5.74) is 1.54. The van der Waals surface area contributed by atoms with Crippen LogP contribution in [0.2, 0.25) is 5.02 Å². The van der Waals surface area contributed by atoms with E-state index in [4.69, 9.17) is 11.6 Å². The second-order valence-electron chi connectivity index (χ2n) is 8.34. The lowest BCUT2D eigenvalue weighted by atomic mass is 9.69. The van der Waals surface area contributed by atoms with Crippen LogP contribution in [0.15, 0.2) is 17.0 Å². The normalized spacial score (nSPS) is 32.4. The summed E-state index contributed by atoms with van der Waals surface area (Å²) in [5, 5.41) is 0.605. The molecule has 0 aromatic heterocycles. The van der Waals surface area contributed by atoms with Gasteiger partial charge in [-0.1, -0.05) is 32.4 Å². The first-order valence-corrected chi connectivity index (χ1v) is 10.1. The summed E-state index contributed by atoms with van der Waals surface area (Å²) in [6.45, 7) is 10.3. The summed E-state index contributed by atoms with van der Waals surface area (Å²) >= 11 is 6.11. The van der Waals surface area contributed by atoms with Crippen LogP contribution in [0.25, 0.3) is 0 Å². The Labute approximate surface area is 144 Å². The minimum absolute atomic E-state index is 0.00452. The third-order valence-electron chi connectivity index (χ3n) is 6.29. The minimum atomic E-state index is -3.55. The Morgan fingerprint density at radius 3 is 2.39 bits per heavy atom. The predicted molar refractivity (Wildman–Crippen MR) is 94.3 cm³/mol. The van der Waals surface area contributed by atoms with Gasteiger partial charge in [0.1, 0.15) is 0 Å². The number of hydrogen-bond donors (Lipinski definition) is 1. The average Bonchev–Trinajstić information content (AvgIpc) is 2.90. The number of halogens is 1. The molecule has 0 heterocycles. The molecule has 0 saturated heterocycles. The van der Waals surface area contributed by atoms with E-state index in [2.05, 4.69) is 25.5 Å². The lowest BCUT2D eigenvalue weighted by Crippen LogP contribution is -2.52. The molecule has 5 heteroatoms. The second-order valence-corrected chi connectivity index (χ2v) is 10.4. The lowest BCUT2D eigenvalue weighted by Gasteiger charge is -2.42. The van der Waals surface area contributed by atoms with Crippen molar-refractivity contribution in [3.63, 3.8) is 0 Å². The van der Waals surface area contributed by atoms with Gasteiger partial charge in [0.25, 0.3) is 0 Å². The van der Waals surface area contributed by atoms with Crippen molar-refractivity contribution in [3.8, 4) is 0 Å². The monoisotopic (exact) mass is 355 g/mol. The molecule has 3 atom stereocenters. The number of benzene rings is 1. The van der Waals surface area contributed by atoms with E-state index in [9.17, 15) is 8.42 Å². The SMILES string of the molecule is Cc1cc(S(=O)(=O)N[C@H]2C(C)(C)[C@@H]3CC[C@]2(C)C3)c(C)cc1Cl. The summed E-state index contributed by atoms with van der Waals surface area (Å²) in [6, 6.07) is 3.40. The van der Waals surface area contributed by atoms with Crippen molar-refractivity contribution in [2.75, 3.05) is 0 Å². The predicted octanol–water partition coefficient (Wildman–Crippen LogP) is 4.45. The zero-order chi connectivity index (χ0) is 17.2. The third-order valence-corrected chi connectivity index (χ3v) is 8.26. The molecule has 2 bridgehead atoms. The standard InChI is InChI=1S/C18H26ClNO2S/c1-11-9-15(12(2)8-14(11)19)23(21,22)20-16-17(3,4)13-6-7-18(16,5)10-13/h8-9,13,16,20H,6-7,10H2,1-5H3/t13-,16+,18-/m1/s1. The van der Waals surface area contributed by atoms with E-state index < -0.39 is 10.0 Å². The van der Waals surface area contributed by atoms with Crippen LogP contribution in [-0.2, 0) is 10.0 Å². The molecule has 0 radical (unpaired) electrons.